The third-order valence-corrected chi connectivity index (χ3v) is 5.39. The van der Waals surface area contributed by atoms with Crippen LogP contribution >= 0.6 is 0 Å². The standard InChI is InChI=1S/C18H24O3/c1-11-13-6-4-5-7-14(13)12(2)17(21-3)16(11)18(8-9-18)10-15(19)20/h4-10H2,1-3H3,(H,19,20). The molecule has 0 spiro atoms. The first-order valence-corrected chi connectivity index (χ1v) is 7.91. The van der Waals surface area contributed by atoms with Gasteiger partial charge in [-0.25, -0.2) is 0 Å². The number of benzene rings is 1. The summed E-state index contributed by atoms with van der Waals surface area (Å²) in [6.45, 7) is 4.31. The molecule has 0 radical (unpaired) electrons. The van der Waals surface area contributed by atoms with Crippen molar-refractivity contribution in [3.8, 4) is 5.75 Å². The molecule has 0 bridgehead atoms. The second-order valence-corrected chi connectivity index (χ2v) is 6.67. The van der Waals surface area contributed by atoms with Gasteiger partial charge in [-0.05, 0) is 74.6 Å². The molecule has 0 aliphatic heterocycles. The van der Waals surface area contributed by atoms with Crippen molar-refractivity contribution in [2.24, 2.45) is 0 Å². The molecular formula is C18H24O3. The SMILES string of the molecule is COc1c(C)c2c(c(C)c1C1(CC(=O)O)CC1)CCCC2. The predicted octanol–water partition coefficient (Wildman–Crippen LogP) is 3.70. The van der Waals surface area contributed by atoms with Crippen LogP contribution in [0.15, 0.2) is 0 Å². The fraction of sp³-hybridized carbons (Fsp3) is 0.611. The highest BCUT2D eigenvalue weighted by Crippen LogP contribution is 2.57. The number of fused-ring (bicyclic) bond motifs is 1. The molecule has 3 rings (SSSR count). The number of carboxylic acids is 1. The summed E-state index contributed by atoms with van der Waals surface area (Å²) in [6, 6.07) is 0. The molecule has 3 nitrogen and oxygen atoms in total. The topological polar surface area (TPSA) is 46.5 Å². The molecule has 3 heteroatoms. The van der Waals surface area contributed by atoms with Crippen molar-refractivity contribution in [2.75, 3.05) is 7.11 Å². The number of hydrogen-bond acceptors (Lipinski definition) is 2. The molecule has 2 aliphatic rings. The summed E-state index contributed by atoms with van der Waals surface area (Å²) in [6.07, 6.45) is 6.90. The van der Waals surface area contributed by atoms with E-state index in [-0.39, 0.29) is 11.8 Å². The summed E-state index contributed by atoms with van der Waals surface area (Å²) in [7, 11) is 1.72. The van der Waals surface area contributed by atoms with Crippen LogP contribution in [-0.4, -0.2) is 18.2 Å². The number of carbonyl (C=O) groups is 1. The second kappa shape index (κ2) is 5.04. The van der Waals surface area contributed by atoms with Gasteiger partial charge in [0, 0.05) is 11.0 Å². The first kappa shape index (κ1) is 14.4. The van der Waals surface area contributed by atoms with E-state index in [1.165, 1.54) is 40.7 Å². The summed E-state index contributed by atoms with van der Waals surface area (Å²) in [4.78, 5) is 11.3. The molecule has 0 amide bonds. The van der Waals surface area contributed by atoms with Crippen LogP contribution in [0.25, 0.3) is 0 Å². The Balaban J connectivity index is 2.20. The van der Waals surface area contributed by atoms with Gasteiger partial charge in [-0.2, -0.15) is 0 Å². The number of ether oxygens (including phenoxy) is 1. The van der Waals surface area contributed by atoms with Crippen molar-refractivity contribution in [3.63, 3.8) is 0 Å². The van der Waals surface area contributed by atoms with E-state index in [2.05, 4.69) is 13.8 Å². The summed E-state index contributed by atoms with van der Waals surface area (Å²) >= 11 is 0. The lowest BCUT2D eigenvalue weighted by Crippen LogP contribution is -2.20. The molecule has 1 fully saturated rings. The maximum absolute atomic E-state index is 11.3. The van der Waals surface area contributed by atoms with E-state index in [0.29, 0.717) is 0 Å². The van der Waals surface area contributed by atoms with E-state index in [1.807, 2.05) is 0 Å². The molecular weight excluding hydrogens is 264 g/mol. The summed E-state index contributed by atoms with van der Waals surface area (Å²) < 4.78 is 5.74. The van der Waals surface area contributed by atoms with E-state index in [1.54, 1.807) is 7.11 Å². The van der Waals surface area contributed by atoms with Gasteiger partial charge < -0.3 is 9.84 Å². The Kier molecular flexibility index (Phi) is 3.46. The molecule has 21 heavy (non-hydrogen) atoms. The Hall–Kier alpha value is -1.51. The third-order valence-electron chi connectivity index (χ3n) is 5.39. The number of methoxy groups -OCH3 is 1. The van der Waals surface area contributed by atoms with Crippen LogP contribution in [0.1, 0.15) is 59.9 Å². The quantitative estimate of drug-likeness (QED) is 0.919. The van der Waals surface area contributed by atoms with Gasteiger partial charge in [-0.1, -0.05) is 0 Å². The molecule has 1 saturated carbocycles. The minimum absolute atomic E-state index is 0.182. The lowest BCUT2D eigenvalue weighted by molar-refractivity contribution is -0.137. The molecule has 0 unspecified atom stereocenters. The maximum Gasteiger partial charge on any atom is 0.304 e. The van der Waals surface area contributed by atoms with Crippen LogP contribution in [-0.2, 0) is 23.1 Å². The van der Waals surface area contributed by atoms with Gasteiger partial charge >= 0.3 is 5.97 Å². The van der Waals surface area contributed by atoms with Gasteiger partial charge in [0.1, 0.15) is 5.75 Å². The fourth-order valence-corrected chi connectivity index (χ4v) is 4.23. The van der Waals surface area contributed by atoms with E-state index >= 15 is 0 Å². The highest BCUT2D eigenvalue weighted by atomic mass is 16.5. The monoisotopic (exact) mass is 288 g/mol. The van der Waals surface area contributed by atoms with Gasteiger partial charge in [-0.15, -0.1) is 0 Å². The van der Waals surface area contributed by atoms with Gasteiger partial charge in [-0.3, -0.25) is 4.79 Å². The van der Waals surface area contributed by atoms with Crippen molar-refractivity contribution >= 4 is 5.97 Å². The number of carboxylic acid groups (broad SMARTS) is 1. The first-order chi connectivity index (χ1) is 10.00. The minimum atomic E-state index is -0.704. The lowest BCUT2D eigenvalue weighted by atomic mass is 9.78. The summed E-state index contributed by atoms with van der Waals surface area (Å²) in [5.41, 5.74) is 6.45. The summed E-state index contributed by atoms with van der Waals surface area (Å²) in [5.74, 6) is 0.247. The molecule has 0 heterocycles. The van der Waals surface area contributed by atoms with Crippen molar-refractivity contribution < 1.29 is 14.6 Å². The molecule has 0 atom stereocenters. The zero-order chi connectivity index (χ0) is 15.2. The number of aliphatic carboxylic acids is 1. The van der Waals surface area contributed by atoms with Crippen molar-refractivity contribution in [3.05, 3.63) is 27.8 Å². The van der Waals surface area contributed by atoms with Crippen LogP contribution in [0, 0.1) is 13.8 Å². The first-order valence-electron chi connectivity index (χ1n) is 7.91. The van der Waals surface area contributed by atoms with Gasteiger partial charge in [0.2, 0.25) is 0 Å². The zero-order valence-electron chi connectivity index (χ0n) is 13.2. The van der Waals surface area contributed by atoms with Crippen LogP contribution in [0.3, 0.4) is 0 Å². The number of hydrogen-bond donors (Lipinski definition) is 1. The van der Waals surface area contributed by atoms with Gasteiger partial charge in [0.05, 0.1) is 13.5 Å². The highest BCUT2D eigenvalue weighted by molar-refractivity contribution is 5.72. The molecule has 1 aromatic rings. The van der Waals surface area contributed by atoms with E-state index in [0.717, 1.165) is 31.4 Å². The third kappa shape index (κ3) is 2.23. The largest absolute Gasteiger partial charge is 0.496 e. The predicted molar refractivity (Wildman–Crippen MR) is 82.3 cm³/mol. The maximum atomic E-state index is 11.3. The molecule has 2 aliphatic carbocycles. The van der Waals surface area contributed by atoms with E-state index < -0.39 is 5.97 Å². The molecule has 0 saturated heterocycles. The van der Waals surface area contributed by atoms with Crippen LogP contribution < -0.4 is 4.74 Å². The fourth-order valence-electron chi connectivity index (χ4n) is 4.23. The van der Waals surface area contributed by atoms with Crippen LogP contribution in [0.4, 0.5) is 0 Å². The van der Waals surface area contributed by atoms with Gasteiger partial charge in [0.25, 0.3) is 0 Å². The summed E-state index contributed by atoms with van der Waals surface area (Å²) in [5, 5.41) is 9.27. The normalized spacial score (nSPS) is 19.0. The van der Waals surface area contributed by atoms with Crippen molar-refractivity contribution in [1.29, 1.82) is 0 Å². The molecule has 1 N–H and O–H groups in total. The smallest absolute Gasteiger partial charge is 0.304 e. The van der Waals surface area contributed by atoms with E-state index in [4.69, 9.17) is 4.74 Å². The average Bonchev–Trinajstić information content (AvgIpc) is 3.22. The lowest BCUT2D eigenvalue weighted by Gasteiger charge is -2.29. The average molecular weight is 288 g/mol. The highest BCUT2D eigenvalue weighted by Gasteiger charge is 2.49. The van der Waals surface area contributed by atoms with Crippen molar-refractivity contribution in [2.45, 2.75) is 64.2 Å². The van der Waals surface area contributed by atoms with Crippen LogP contribution in [0.2, 0.25) is 0 Å². The molecule has 0 aromatic heterocycles. The van der Waals surface area contributed by atoms with Crippen molar-refractivity contribution in [1.82, 2.24) is 0 Å². The minimum Gasteiger partial charge on any atom is -0.496 e. The number of rotatable bonds is 4. The Bertz CT molecular complexity index is 597. The molecule has 114 valence electrons. The Morgan fingerprint density at radius 1 is 1.14 bits per heavy atom. The second-order valence-electron chi connectivity index (χ2n) is 6.67. The Morgan fingerprint density at radius 3 is 2.19 bits per heavy atom. The van der Waals surface area contributed by atoms with Gasteiger partial charge in [0.15, 0.2) is 0 Å². The Labute approximate surface area is 126 Å². The van der Waals surface area contributed by atoms with Crippen LogP contribution in [0.5, 0.6) is 5.75 Å². The van der Waals surface area contributed by atoms with E-state index in [9.17, 15) is 9.90 Å². The zero-order valence-corrected chi connectivity index (χ0v) is 13.2. The Morgan fingerprint density at radius 2 is 1.71 bits per heavy atom. The molecule has 1 aromatic carbocycles.